The lowest BCUT2D eigenvalue weighted by atomic mass is 10.1. The van der Waals surface area contributed by atoms with E-state index in [-0.39, 0.29) is 17.1 Å². The molecular weight excluding hydrogens is 254 g/mol. The van der Waals surface area contributed by atoms with Gasteiger partial charge in [0.1, 0.15) is 0 Å². The van der Waals surface area contributed by atoms with E-state index in [2.05, 4.69) is 0 Å². The van der Waals surface area contributed by atoms with Gasteiger partial charge in [-0.25, -0.2) is 5.06 Å². The first-order valence-corrected chi connectivity index (χ1v) is 5.67. The van der Waals surface area contributed by atoms with E-state index in [4.69, 9.17) is 4.84 Å². The molecule has 0 radical (unpaired) electrons. The molecule has 0 saturated heterocycles. The van der Waals surface area contributed by atoms with Crippen LogP contribution in [0.25, 0.3) is 0 Å². The van der Waals surface area contributed by atoms with Gasteiger partial charge in [0.15, 0.2) is 0 Å². The highest BCUT2D eigenvalue weighted by Crippen LogP contribution is 2.38. The topological polar surface area (TPSA) is 98.8 Å². The number of nitrogens with zero attached hydrogens (tertiary/aromatic N) is 3. The Labute approximate surface area is 109 Å². The van der Waals surface area contributed by atoms with Crippen LogP contribution in [0.15, 0.2) is 12.1 Å². The van der Waals surface area contributed by atoms with Gasteiger partial charge in [-0.2, -0.15) is 0 Å². The standard InChI is InChI=1S/C11H15N3O5/c1-4-5-12(19-3)11-9(13(15)16)6-8(2)7-10(11)14(17)18/h6-7H,4-5H2,1-3H3. The number of aryl methyl sites for hydroxylation is 1. The normalized spacial score (nSPS) is 10.3. The molecule has 0 aliphatic heterocycles. The highest BCUT2D eigenvalue weighted by molar-refractivity contribution is 5.75. The Balaban J connectivity index is 3.54. The molecule has 8 nitrogen and oxygen atoms in total. The largest absolute Gasteiger partial charge is 0.302 e. The van der Waals surface area contributed by atoms with Gasteiger partial charge in [0.2, 0.25) is 5.69 Å². The molecule has 1 rings (SSSR count). The summed E-state index contributed by atoms with van der Waals surface area (Å²) in [6.07, 6.45) is 0.635. The van der Waals surface area contributed by atoms with E-state index in [0.717, 1.165) is 0 Å². The van der Waals surface area contributed by atoms with Crippen LogP contribution in [0.5, 0.6) is 0 Å². The minimum absolute atomic E-state index is 0.120. The first kappa shape index (κ1) is 14.8. The van der Waals surface area contributed by atoms with Gasteiger partial charge in [0, 0.05) is 18.7 Å². The van der Waals surface area contributed by atoms with E-state index in [0.29, 0.717) is 18.5 Å². The Bertz CT molecular complexity index is 468. The van der Waals surface area contributed by atoms with Crippen molar-refractivity contribution in [2.45, 2.75) is 20.3 Å². The van der Waals surface area contributed by atoms with E-state index in [1.54, 1.807) is 6.92 Å². The third-order valence-electron chi connectivity index (χ3n) is 2.50. The number of anilines is 1. The molecule has 0 unspecified atom stereocenters. The predicted molar refractivity (Wildman–Crippen MR) is 69.1 cm³/mol. The van der Waals surface area contributed by atoms with Crippen LogP contribution in [-0.2, 0) is 4.84 Å². The molecule has 0 aliphatic rings. The summed E-state index contributed by atoms with van der Waals surface area (Å²) < 4.78 is 0. The summed E-state index contributed by atoms with van der Waals surface area (Å²) in [5.41, 5.74) is -0.330. The average Bonchev–Trinajstić information content (AvgIpc) is 2.35. The van der Waals surface area contributed by atoms with Crippen LogP contribution in [0.1, 0.15) is 18.9 Å². The van der Waals surface area contributed by atoms with E-state index in [1.807, 2.05) is 6.92 Å². The van der Waals surface area contributed by atoms with Crippen LogP contribution in [-0.4, -0.2) is 23.5 Å². The fraction of sp³-hybridized carbons (Fsp3) is 0.455. The Hall–Kier alpha value is -2.22. The molecule has 0 fully saturated rings. The van der Waals surface area contributed by atoms with Crippen molar-refractivity contribution in [3.05, 3.63) is 37.9 Å². The molecule has 0 heterocycles. The maximum Gasteiger partial charge on any atom is 0.302 e. The van der Waals surface area contributed by atoms with Crippen molar-refractivity contribution in [3.63, 3.8) is 0 Å². The number of hydroxylamine groups is 1. The smallest absolute Gasteiger partial charge is 0.276 e. The minimum Gasteiger partial charge on any atom is -0.276 e. The third-order valence-corrected chi connectivity index (χ3v) is 2.50. The van der Waals surface area contributed by atoms with E-state index < -0.39 is 9.85 Å². The number of nitro benzene ring substituents is 2. The highest BCUT2D eigenvalue weighted by Gasteiger charge is 2.30. The van der Waals surface area contributed by atoms with Crippen LogP contribution in [0.4, 0.5) is 17.1 Å². The molecule has 0 spiro atoms. The Kier molecular flexibility index (Phi) is 4.76. The fourth-order valence-corrected chi connectivity index (χ4v) is 1.77. The molecule has 0 saturated carbocycles. The van der Waals surface area contributed by atoms with Crippen molar-refractivity contribution in [2.24, 2.45) is 0 Å². The van der Waals surface area contributed by atoms with Crippen molar-refractivity contribution in [1.29, 1.82) is 0 Å². The number of hydrogen-bond donors (Lipinski definition) is 0. The molecule has 0 aliphatic carbocycles. The van der Waals surface area contributed by atoms with Gasteiger partial charge >= 0.3 is 11.4 Å². The van der Waals surface area contributed by atoms with E-state index in [9.17, 15) is 20.2 Å². The van der Waals surface area contributed by atoms with Gasteiger partial charge in [-0.3, -0.25) is 25.1 Å². The third kappa shape index (κ3) is 3.16. The van der Waals surface area contributed by atoms with Crippen molar-refractivity contribution in [2.75, 3.05) is 18.7 Å². The van der Waals surface area contributed by atoms with Crippen LogP contribution in [0.2, 0.25) is 0 Å². The van der Waals surface area contributed by atoms with E-state index in [1.165, 1.54) is 24.3 Å². The van der Waals surface area contributed by atoms with Crippen molar-refractivity contribution < 1.29 is 14.7 Å². The Morgan fingerprint density at radius 3 is 2.00 bits per heavy atom. The first-order valence-electron chi connectivity index (χ1n) is 5.67. The molecule has 19 heavy (non-hydrogen) atoms. The maximum absolute atomic E-state index is 11.1. The second-order valence-corrected chi connectivity index (χ2v) is 3.95. The van der Waals surface area contributed by atoms with Gasteiger partial charge in [-0.1, -0.05) is 6.92 Å². The lowest BCUT2D eigenvalue weighted by Crippen LogP contribution is -2.24. The van der Waals surface area contributed by atoms with Crippen molar-refractivity contribution in [3.8, 4) is 0 Å². The second-order valence-electron chi connectivity index (χ2n) is 3.95. The molecule has 0 bridgehead atoms. The summed E-state index contributed by atoms with van der Waals surface area (Å²) in [7, 11) is 1.32. The van der Waals surface area contributed by atoms with Crippen molar-refractivity contribution in [1.82, 2.24) is 0 Å². The summed E-state index contributed by atoms with van der Waals surface area (Å²) >= 11 is 0. The summed E-state index contributed by atoms with van der Waals surface area (Å²) in [6, 6.07) is 2.59. The van der Waals surface area contributed by atoms with Crippen LogP contribution >= 0.6 is 0 Å². The zero-order chi connectivity index (χ0) is 14.6. The molecule has 0 aromatic heterocycles. The van der Waals surface area contributed by atoms with Crippen molar-refractivity contribution >= 4 is 17.1 Å². The lowest BCUT2D eigenvalue weighted by Gasteiger charge is -2.20. The summed E-state index contributed by atoms with van der Waals surface area (Å²) in [5.74, 6) is 0. The molecule has 8 heteroatoms. The zero-order valence-electron chi connectivity index (χ0n) is 11.0. The summed E-state index contributed by atoms with van der Waals surface area (Å²) in [6.45, 7) is 3.74. The van der Waals surface area contributed by atoms with Gasteiger partial charge < -0.3 is 0 Å². The molecule has 0 atom stereocenters. The monoisotopic (exact) mass is 269 g/mol. The number of hydrogen-bond acceptors (Lipinski definition) is 6. The van der Waals surface area contributed by atoms with E-state index >= 15 is 0 Å². The highest BCUT2D eigenvalue weighted by atomic mass is 16.7. The zero-order valence-corrected chi connectivity index (χ0v) is 11.0. The lowest BCUT2D eigenvalue weighted by molar-refractivity contribution is -0.393. The number of benzene rings is 1. The van der Waals surface area contributed by atoms with Crippen LogP contribution < -0.4 is 5.06 Å². The SMILES string of the molecule is CCCN(OC)c1c([N+](=O)[O-])cc(C)cc1[N+](=O)[O-]. The van der Waals surface area contributed by atoms with Crippen LogP contribution in [0.3, 0.4) is 0 Å². The van der Waals surface area contributed by atoms with Gasteiger partial charge in [-0.05, 0) is 18.9 Å². The maximum atomic E-state index is 11.1. The number of nitro groups is 2. The number of rotatable bonds is 6. The van der Waals surface area contributed by atoms with Gasteiger partial charge in [-0.15, -0.1) is 0 Å². The molecule has 104 valence electrons. The predicted octanol–water partition coefficient (Wildman–Crippen LogP) is 2.59. The van der Waals surface area contributed by atoms with Crippen LogP contribution in [0, 0.1) is 27.2 Å². The summed E-state index contributed by atoms with van der Waals surface area (Å²) in [4.78, 5) is 25.9. The quantitative estimate of drug-likeness (QED) is 0.581. The Morgan fingerprint density at radius 2 is 1.68 bits per heavy atom. The van der Waals surface area contributed by atoms with Gasteiger partial charge in [0.25, 0.3) is 0 Å². The second kappa shape index (κ2) is 6.10. The Morgan fingerprint density at radius 1 is 1.21 bits per heavy atom. The molecule has 1 aromatic carbocycles. The first-order chi connectivity index (χ1) is 8.92. The molecular formula is C11H15N3O5. The molecule has 0 amide bonds. The minimum atomic E-state index is -0.642. The van der Waals surface area contributed by atoms with Gasteiger partial charge in [0.05, 0.1) is 17.0 Å². The average molecular weight is 269 g/mol. The fourth-order valence-electron chi connectivity index (χ4n) is 1.77. The molecule has 0 N–H and O–H groups in total. The summed E-state index contributed by atoms with van der Waals surface area (Å²) in [5, 5.41) is 23.3. The molecule has 1 aromatic rings.